The Morgan fingerprint density at radius 2 is 1.91 bits per heavy atom. The van der Waals surface area contributed by atoms with Crippen molar-refractivity contribution in [2.24, 2.45) is 0 Å². The van der Waals surface area contributed by atoms with Gasteiger partial charge in [0.05, 0.1) is 6.61 Å². The molecule has 0 atom stereocenters. The van der Waals surface area contributed by atoms with Gasteiger partial charge in [-0.25, -0.2) is 0 Å². The number of aryl methyl sites for hydroxylation is 1. The van der Waals surface area contributed by atoms with E-state index in [1.165, 1.54) is 0 Å². The van der Waals surface area contributed by atoms with Crippen molar-refractivity contribution in [3.8, 4) is 5.75 Å². The van der Waals surface area contributed by atoms with Crippen LogP contribution in [0.2, 0.25) is 10.0 Å². The van der Waals surface area contributed by atoms with Crippen molar-refractivity contribution in [1.82, 2.24) is 5.32 Å². The van der Waals surface area contributed by atoms with Gasteiger partial charge in [-0.2, -0.15) is 0 Å². The molecule has 0 spiro atoms. The zero-order chi connectivity index (χ0) is 16.7. The molecule has 122 valence electrons. The molecular formula is C18H19Cl2NO2. The molecule has 0 bridgehead atoms. The summed E-state index contributed by atoms with van der Waals surface area (Å²) in [5, 5.41) is 4.01. The lowest BCUT2D eigenvalue weighted by Gasteiger charge is -2.10. The summed E-state index contributed by atoms with van der Waals surface area (Å²) >= 11 is 11.9. The van der Waals surface area contributed by atoms with Gasteiger partial charge in [-0.1, -0.05) is 47.5 Å². The van der Waals surface area contributed by atoms with Gasteiger partial charge in [-0.3, -0.25) is 4.79 Å². The first-order chi connectivity index (χ1) is 11.1. The molecule has 0 aliphatic rings. The van der Waals surface area contributed by atoms with Crippen molar-refractivity contribution in [1.29, 1.82) is 0 Å². The fourth-order valence-corrected chi connectivity index (χ4v) is 2.68. The van der Waals surface area contributed by atoms with E-state index in [1.807, 2.05) is 37.3 Å². The van der Waals surface area contributed by atoms with Crippen LogP contribution in [0.3, 0.4) is 0 Å². The van der Waals surface area contributed by atoms with Gasteiger partial charge in [0, 0.05) is 23.0 Å². The first-order valence-electron chi connectivity index (χ1n) is 7.51. The predicted octanol–water partition coefficient (Wildman–Crippen LogP) is 4.64. The topological polar surface area (TPSA) is 38.3 Å². The van der Waals surface area contributed by atoms with Gasteiger partial charge in [-0.05, 0) is 42.7 Å². The monoisotopic (exact) mass is 351 g/mol. The van der Waals surface area contributed by atoms with Crippen LogP contribution in [-0.4, -0.2) is 12.5 Å². The van der Waals surface area contributed by atoms with Gasteiger partial charge in [-0.15, -0.1) is 0 Å². The molecule has 0 aliphatic carbocycles. The Hall–Kier alpha value is -1.71. The number of hydrogen-bond donors (Lipinski definition) is 1. The van der Waals surface area contributed by atoms with E-state index in [9.17, 15) is 4.79 Å². The maximum absolute atomic E-state index is 12.0. The Morgan fingerprint density at radius 3 is 2.65 bits per heavy atom. The minimum absolute atomic E-state index is 0.0256. The molecular weight excluding hydrogens is 333 g/mol. The first kappa shape index (κ1) is 17.6. The third-order valence-corrected chi connectivity index (χ3v) is 3.97. The van der Waals surface area contributed by atoms with Crippen LogP contribution in [0, 0.1) is 0 Å². The molecule has 0 saturated heterocycles. The molecule has 0 aliphatic heterocycles. The Labute approximate surface area is 146 Å². The molecule has 0 heterocycles. The van der Waals surface area contributed by atoms with E-state index in [0.717, 1.165) is 16.9 Å². The fraction of sp³-hybridized carbons (Fsp3) is 0.278. The van der Waals surface area contributed by atoms with E-state index in [0.29, 0.717) is 36.0 Å². The summed E-state index contributed by atoms with van der Waals surface area (Å²) in [6.07, 6.45) is 1.03. The van der Waals surface area contributed by atoms with E-state index in [1.54, 1.807) is 12.1 Å². The van der Waals surface area contributed by atoms with E-state index in [4.69, 9.17) is 27.9 Å². The van der Waals surface area contributed by atoms with Crippen LogP contribution in [0.4, 0.5) is 0 Å². The molecule has 0 fully saturated rings. The van der Waals surface area contributed by atoms with Gasteiger partial charge in [0.2, 0.25) is 5.91 Å². The molecule has 2 rings (SSSR count). The Morgan fingerprint density at radius 1 is 1.13 bits per heavy atom. The standard InChI is InChI=1S/C18H19Cl2NO2/c1-2-23-17-6-4-3-5-13(17)8-10-18(22)21-12-14-7-9-15(19)11-16(14)20/h3-7,9,11H,2,8,10,12H2,1H3,(H,21,22). The van der Waals surface area contributed by atoms with Crippen molar-refractivity contribution >= 4 is 29.1 Å². The number of rotatable bonds is 7. The van der Waals surface area contributed by atoms with Crippen LogP contribution < -0.4 is 10.1 Å². The third-order valence-electron chi connectivity index (χ3n) is 3.38. The number of carbonyl (C=O) groups is 1. The Bertz CT molecular complexity index is 674. The zero-order valence-corrected chi connectivity index (χ0v) is 14.5. The molecule has 1 N–H and O–H groups in total. The Kier molecular flexibility index (Phi) is 6.75. The van der Waals surface area contributed by atoms with Crippen LogP contribution in [0.5, 0.6) is 5.75 Å². The molecule has 2 aromatic carbocycles. The summed E-state index contributed by atoms with van der Waals surface area (Å²) in [6.45, 7) is 2.94. The summed E-state index contributed by atoms with van der Waals surface area (Å²) in [5.41, 5.74) is 1.88. The van der Waals surface area contributed by atoms with Gasteiger partial charge < -0.3 is 10.1 Å². The summed E-state index contributed by atoms with van der Waals surface area (Å²) in [6, 6.07) is 13.0. The summed E-state index contributed by atoms with van der Waals surface area (Å²) in [5.74, 6) is 0.811. The minimum atomic E-state index is -0.0256. The van der Waals surface area contributed by atoms with Gasteiger partial charge in [0.25, 0.3) is 0 Å². The van der Waals surface area contributed by atoms with E-state index >= 15 is 0 Å². The second-order valence-corrected chi connectivity index (χ2v) is 5.90. The Balaban J connectivity index is 1.86. The number of para-hydroxylation sites is 1. The number of halogens is 2. The molecule has 0 unspecified atom stereocenters. The first-order valence-corrected chi connectivity index (χ1v) is 8.27. The highest BCUT2D eigenvalue weighted by Gasteiger charge is 2.08. The fourth-order valence-electron chi connectivity index (χ4n) is 2.20. The van der Waals surface area contributed by atoms with E-state index in [2.05, 4.69) is 5.32 Å². The minimum Gasteiger partial charge on any atom is -0.494 e. The maximum Gasteiger partial charge on any atom is 0.220 e. The van der Waals surface area contributed by atoms with Crippen LogP contribution in [0.25, 0.3) is 0 Å². The summed E-state index contributed by atoms with van der Waals surface area (Å²) < 4.78 is 5.56. The smallest absolute Gasteiger partial charge is 0.220 e. The number of hydrogen-bond acceptors (Lipinski definition) is 2. The lowest BCUT2D eigenvalue weighted by atomic mass is 10.1. The van der Waals surface area contributed by atoms with Gasteiger partial charge in [0.1, 0.15) is 5.75 Å². The molecule has 0 aromatic heterocycles. The largest absolute Gasteiger partial charge is 0.494 e. The number of amides is 1. The number of ether oxygens (including phenoxy) is 1. The van der Waals surface area contributed by atoms with Gasteiger partial charge >= 0.3 is 0 Å². The lowest BCUT2D eigenvalue weighted by Crippen LogP contribution is -2.23. The second-order valence-electron chi connectivity index (χ2n) is 5.05. The van der Waals surface area contributed by atoms with Crippen molar-refractivity contribution in [3.63, 3.8) is 0 Å². The SMILES string of the molecule is CCOc1ccccc1CCC(=O)NCc1ccc(Cl)cc1Cl. The molecule has 1 amide bonds. The average molecular weight is 352 g/mol. The second kappa shape index (κ2) is 8.80. The van der Waals surface area contributed by atoms with Crippen molar-refractivity contribution < 1.29 is 9.53 Å². The number of benzene rings is 2. The molecule has 0 radical (unpaired) electrons. The predicted molar refractivity (Wildman–Crippen MR) is 94.2 cm³/mol. The molecule has 3 nitrogen and oxygen atoms in total. The molecule has 2 aromatic rings. The third kappa shape index (κ3) is 5.45. The maximum atomic E-state index is 12.0. The van der Waals surface area contributed by atoms with E-state index in [-0.39, 0.29) is 5.91 Å². The highest BCUT2D eigenvalue weighted by Crippen LogP contribution is 2.21. The normalized spacial score (nSPS) is 10.4. The molecule has 5 heteroatoms. The highest BCUT2D eigenvalue weighted by atomic mass is 35.5. The van der Waals surface area contributed by atoms with Crippen LogP contribution >= 0.6 is 23.2 Å². The van der Waals surface area contributed by atoms with Crippen molar-refractivity contribution in [2.75, 3.05) is 6.61 Å². The summed E-state index contributed by atoms with van der Waals surface area (Å²) in [4.78, 5) is 12.0. The summed E-state index contributed by atoms with van der Waals surface area (Å²) in [7, 11) is 0. The lowest BCUT2D eigenvalue weighted by molar-refractivity contribution is -0.121. The van der Waals surface area contributed by atoms with Crippen LogP contribution in [0.1, 0.15) is 24.5 Å². The van der Waals surface area contributed by atoms with Crippen molar-refractivity contribution in [2.45, 2.75) is 26.3 Å². The van der Waals surface area contributed by atoms with Gasteiger partial charge in [0.15, 0.2) is 0 Å². The van der Waals surface area contributed by atoms with E-state index < -0.39 is 0 Å². The average Bonchev–Trinajstić information content (AvgIpc) is 2.53. The molecule has 23 heavy (non-hydrogen) atoms. The van der Waals surface area contributed by atoms with Crippen LogP contribution in [0.15, 0.2) is 42.5 Å². The van der Waals surface area contributed by atoms with Crippen LogP contribution in [-0.2, 0) is 17.8 Å². The quantitative estimate of drug-likeness (QED) is 0.788. The highest BCUT2D eigenvalue weighted by molar-refractivity contribution is 6.35. The zero-order valence-electron chi connectivity index (χ0n) is 12.9. The number of carbonyl (C=O) groups excluding carboxylic acids is 1. The molecule has 0 saturated carbocycles. The van der Waals surface area contributed by atoms with Crippen molar-refractivity contribution in [3.05, 3.63) is 63.6 Å². The number of nitrogens with one attached hydrogen (secondary N) is 1.